The molecule has 1 aromatic heterocycles. The maximum Gasteiger partial charge on any atom is 0.573 e. The number of methoxy groups -OCH3 is 2. The first kappa shape index (κ1) is 15.5. The first-order chi connectivity index (χ1) is 9.21. The number of nitro groups is 1. The fourth-order valence-electron chi connectivity index (χ4n) is 1.24. The molecule has 1 rings (SSSR count). The van der Waals surface area contributed by atoms with Crippen molar-refractivity contribution in [1.29, 1.82) is 0 Å². The summed E-state index contributed by atoms with van der Waals surface area (Å²) in [6, 6.07) is 0. The smallest absolute Gasteiger partial charge is 0.489 e. The highest BCUT2D eigenvalue weighted by atomic mass is 19.4. The van der Waals surface area contributed by atoms with Crippen molar-refractivity contribution in [3.63, 3.8) is 0 Å². The molecule has 0 aliphatic heterocycles. The van der Waals surface area contributed by atoms with Gasteiger partial charge in [0.05, 0.1) is 25.3 Å². The van der Waals surface area contributed by atoms with Crippen molar-refractivity contribution in [3.8, 4) is 11.5 Å². The molecule has 0 radical (unpaired) electrons. The molecular formula is C9H7F3N2O6. The Morgan fingerprint density at radius 3 is 2.40 bits per heavy atom. The van der Waals surface area contributed by atoms with Gasteiger partial charge in [-0.1, -0.05) is 0 Å². The number of nitrogens with zero attached hydrogens (tertiary/aromatic N) is 2. The second kappa shape index (κ2) is 5.59. The van der Waals surface area contributed by atoms with Crippen LogP contribution in [0.2, 0.25) is 0 Å². The first-order valence-electron chi connectivity index (χ1n) is 4.76. The van der Waals surface area contributed by atoms with Crippen molar-refractivity contribution in [3.05, 3.63) is 22.0 Å². The molecule has 110 valence electrons. The predicted octanol–water partition coefficient (Wildman–Crippen LogP) is 1.68. The lowest BCUT2D eigenvalue weighted by Crippen LogP contribution is -2.21. The van der Waals surface area contributed by atoms with Crippen molar-refractivity contribution in [2.75, 3.05) is 14.2 Å². The summed E-state index contributed by atoms with van der Waals surface area (Å²) in [5.74, 6) is -3.31. The Bertz CT molecular complexity index is 545. The minimum atomic E-state index is -5.26. The third kappa shape index (κ3) is 3.24. The van der Waals surface area contributed by atoms with E-state index in [1.54, 1.807) is 0 Å². The average molecular weight is 296 g/mol. The van der Waals surface area contributed by atoms with Crippen molar-refractivity contribution in [1.82, 2.24) is 4.98 Å². The maximum atomic E-state index is 12.3. The number of aromatic nitrogens is 1. The SMILES string of the molecule is COC(=O)c1ncc(OC)c([N+](=O)[O-])c1OC(F)(F)F. The number of carbonyl (C=O) groups excluding carboxylic acids is 1. The molecule has 0 N–H and O–H groups in total. The quantitative estimate of drug-likeness (QED) is 0.473. The Morgan fingerprint density at radius 1 is 1.40 bits per heavy atom. The van der Waals surface area contributed by atoms with Crippen LogP contribution in [0.4, 0.5) is 18.9 Å². The number of pyridine rings is 1. The third-order valence-electron chi connectivity index (χ3n) is 1.97. The summed E-state index contributed by atoms with van der Waals surface area (Å²) in [5, 5.41) is 10.8. The monoisotopic (exact) mass is 296 g/mol. The molecule has 0 spiro atoms. The summed E-state index contributed by atoms with van der Waals surface area (Å²) < 4.78 is 49.1. The number of rotatable bonds is 4. The summed E-state index contributed by atoms with van der Waals surface area (Å²) >= 11 is 0. The zero-order valence-corrected chi connectivity index (χ0v) is 10.1. The summed E-state index contributed by atoms with van der Waals surface area (Å²) in [7, 11) is 1.86. The van der Waals surface area contributed by atoms with Gasteiger partial charge in [-0.05, 0) is 0 Å². The molecule has 1 aromatic rings. The van der Waals surface area contributed by atoms with Gasteiger partial charge in [-0.2, -0.15) is 0 Å². The second-order valence-electron chi connectivity index (χ2n) is 3.15. The Morgan fingerprint density at radius 2 is 2.00 bits per heavy atom. The number of esters is 1. The van der Waals surface area contributed by atoms with Gasteiger partial charge in [0.15, 0.2) is 5.69 Å². The van der Waals surface area contributed by atoms with E-state index < -0.39 is 40.1 Å². The van der Waals surface area contributed by atoms with Crippen molar-refractivity contribution < 1.29 is 37.1 Å². The number of ether oxygens (including phenoxy) is 3. The van der Waals surface area contributed by atoms with Crippen molar-refractivity contribution in [2.24, 2.45) is 0 Å². The molecule has 0 aliphatic carbocycles. The van der Waals surface area contributed by atoms with E-state index in [1.807, 2.05) is 0 Å². The number of alkyl halides is 3. The van der Waals surface area contributed by atoms with Crippen LogP contribution >= 0.6 is 0 Å². The van der Waals surface area contributed by atoms with Gasteiger partial charge < -0.3 is 14.2 Å². The Balaban J connectivity index is 3.59. The zero-order valence-electron chi connectivity index (χ0n) is 10.1. The van der Waals surface area contributed by atoms with Gasteiger partial charge in [0, 0.05) is 0 Å². The van der Waals surface area contributed by atoms with E-state index in [0.717, 1.165) is 14.2 Å². The van der Waals surface area contributed by atoms with E-state index >= 15 is 0 Å². The molecule has 20 heavy (non-hydrogen) atoms. The molecule has 0 fully saturated rings. The molecule has 1 heterocycles. The van der Waals surface area contributed by atoms with Crippen LogP contribution in [0.5, 0.6) is 11.5 Å². The van der Waals surface area contributed by atoms with E-state index in [9.17, 15) is 28.1 Å². The lowest BCUT2D eigenvalue weighted by atomic mass is 10.2. The van der Waals surface area contributed by atoms with Gasteiger partial charge >= 0.3 is 18.0 Å². The normalized spacial score (nSPS) is 10.8. The molecular weight excluding hydrogens is 289 g/mol. The largest absolute Gasteiger partial charge is 0.573 e. The standard InChI is InChI=1S/C9H7F3N2O6/c1-18-4-3-13-5(8(15)19-2)7(6(4)14(16)17)20-9(10,11)12/h3H,1-2H3. The fourth-order valence-corrected chi connectivity index (χ4v) is 1.24. The molecule has 0 saturated carbocycles. The molecule has 8 nitrogen and oxygen atoms in total. The van der Waals surface area contributed by atoms with E-state index in [1.165, 1.54) is 0 Å². The van der Waals surface area contributed by atoms with Crippen LogP contribution in [0.25, 0.3) is 0 Å². The fraction of sp³-hybridized carbons (Fsp3) is 0.333. The summed E-state index contributed by atoms with van der Waals surface area (Å²) in [4.78, 5) is 24.3. The molecule has 0 saturated heterocycles. The molecule has 11 heteroatoms. The van der Waals surface area contributed by atoms with Gasteiger partial charge in [-0.25, -0.2) is 9.78 Å². The number of hydrogen-bond acceptors (Lipinski definition) is 7. The average Bonchev–Trinajstić information content (AvgIpc) is 2.34. The number of hydrogen-bond donors (Lipinski definition) is 0. The summed E-state index contributed by atoms with van der Waals surface area (Å²) in [6.07, 6.45) is -4.55. The van der Waals surface area contributed by atoms with Crippen LogP contribution in [-0.2, 0) is 4.74 Å². The molecule has 0 bridgehead atoms. The Hall–Kier alpha value is -2.59. The topological polar surface area (TPSA) is 101 Å². The molecule has 0 atom stereocenters. The third-order valence-corrected chi connectivity index (χ3v) is 1.97. The van der Waals surface area contributed by atoms with Crippen LogP contribution in [0.15, 0.2) is 6.20 Å². The first-order valence-corrected chi connectivity index (χ1v) is 4.76. The molecule has 0 amide bonds. The van der Waals surface area contributed by atoms with Crippen LogP contribution in [0.3, 0.4) is 0 Å². The highest BCUT2D eigenvalue weighted by Crippen LogP contribution is 2.40. The highest BCUT2D eigenvalue weighted by Gasteiger charge is 2.40. The van der Waals surface area contributed by atoms with Crippen molar-refractivity contribution >= 4 is 11.7 Å². The van der Waals surface area contributed by atoms with Gasteiger partial charge in [0.1, 0.15) is 0 Å². The predicted molar refractivity (Wildman–Crippen MR) is 55.5 cm³/mol. The summed E-state index contributed by atoms with van der Waals surface area (Å²) in [5.41, 5.74) is -2.17. The van der Waals surface area contributed by atoms with Crippen LogP contribution in [0.1, 0.15) is 10.5 Å². The maximum absolute atomic E-state index is 12.3. The van der Waals surface area contributed by atoms with E-state index in [4.69, 9.17) is 0 Å². The lowest BCUT2D eigenvalue weighted by Gasteiger charge is -2.13. The highest BCUT2D eigenvalue weighted by molar-refractivity contribution is 5.92. The minimum absolute atomic E-state index is 0.595. The number of carbonyl (C=O) groups is 1. The van der Waals surface area contributed by atoms with E-state index in [0.29, 0.717) is 6.20 Å². The van der Waals surface area contributed by atoms with E-state index in [2.05, 4.69) is 19.2 Å². The van der Waals surface area contributed by atoms with Gasteiger partial charge in [0.2, 0.25) is 11.5 Å². The van der Waals surface area contributed by atoms with Crippen LogP contribution in [0, 0.1) is 10.1 Å². The van der Waals surface area contributed by atoms with Gasteiger partial charge in [-0.3, -0.25) is 10.1 Å². The Kier molecular flexibility index (Phi) is 4.32. The lowest BCUT2D eigenvalue weighted by molar-refractivity contribution is -0.389. The van der Waals surface area contributed by atoms with Crippen LogP contribution < -0.4 is 9.47 Å². The molecule has 0 aromatic carbocycles. The summed E-state index contributed by atoms with van der Waals surface area (Å²) in [6.45, 7) is 0. The van der Waals surface area contributed by atoms with Crippen LogP contribution in [-0.4, -0.2) is 36.5 Å². The minimum Gasteiger partial charge on any atom is -0.489 e. The number of halogens is 3. The van der Waals surface area contributed by atoms with Gasteiger partial charge in [0.25, 0.3) is 0 Å². The van der Waals surface area contributed by atoms with Gasteiger partial charge in [-0.15, -0.1) is 13.2 Å². The molecule has 0 aliphatic rings. The second-order valence-corrected chi connectivity index (χ2v) is 3.15. The van der Waals surface area contributed by atoms with E-state index in [-0.39, 0.29) is 0 Å². The zero-order chi connectivity index (χ0) is 15.5. The van der Waals surface area contributed by atoms with Crippen molar-refractivity contribution in [2.45, 2.75) is 6.36 Å². The Labute approximate surface area is 109 Å². The molecule has 0 unspecified atom stereocenters.